The van der Waals surface area contributed by atoms with Crippen LogP contribution in [0, 0.1) is 0 Å². The predicted octanol–water partition coefficient (Wildman–Crippen LogP) is 2.70. The van der Waals surface area contributed by atoms with E-state index in [0.29, 0.717) is 12.2 Å². The van der Waals surface area contributed by atoms with Gasteiger partial charge in [0.25, 0.3) is 5.56 Å². The molecular formula is C15H14N2O2S. The van der Waals surface area contributed by atoms with Gasteiger partial charge in [-0.25, -0.2) is 0 Å². The van der Waals surface area contributed by atoms with Crippen LogP contribution in [0.3, 0.4) is 0 Å². The lowest BCUT2D eigenvalue weighted by atomic mass is 10.1. The van der Waals surface area contributed by atoms with Gasteiger partial charge in [-0.05, 0) is 35.7 Å². The first-order valence-electron chi connectivity index (χ1n) is 6.18. The van der Waals surface area contributed by atoms with E-state index in [9.17, 15) is 4.79 Å². The van der Waals surface area contributed by atoms with E-state index in [0.717, 1.165) is 21.4 Å². The molecule has 0 amide bonds. The maximum Gasteiger partial charge on any atom is 0.259 e. The molecule has 2 aromatic heterocycles. The van der Waals surface area contributed by atoms with Crippen molar-refractivity contribution in [1.29, 1.82) is 0 Å². The molecule has 3 rings (SSSR count). The third kappa shape index (κ3) is 2.16. The minimum Gasteiger partial charge on any atom is -0.496 e. The van der Waals surface area contributed by atoms with Crippen LogP contribution in [0.4, 0.5) is 5.69 Å². The van der Waals surface area contributed by atoms with Crippen molar-refractivity contribution in [2.45, 2.75) is 6.54 Å². The van der Waals surface area contributed by atoms with Crippen molar-refractivity contribution < 1.29 is 4.74 Å². The molecule has 0 atom stereocenters. The number of nitrogen functional groups attached to an aromatic ring is 1. The van der Waals surface area contributed by atoms with Crippen LogP contribution in [0.2, 0.25) is 0 Å². The van der Waals surface area contributed by atoms with E-state index in [1.54, 1.807) is 29.1 Å². The van der Waals surface area contributed by atoms with Crippen LogP contribution in [0.5, 0.6) is 5.75 Å². The fourth-order valence-corrected chi connectivity index (χ4v) is 3.01. The van der Waals surface area contributed by atoms with Gasteiger partial charge in [-0.1, -0.05) is 0 Å². The van der Waals surface area contributed by atoms with Gasteiger partial charge < -0.3 is 15.0 Å². The standard InChI is InChI=1S/C15H14N2O2S/c1-19-13-3-2-11(16)8-10(13)9-17-6-4-14-12(15(17)18)5-7-20-14/h2-8H,9,16H2,1H3. The summed E-state index contributed by atoms with van der Waals surface area (Å²) in [5, 5.41) is 2.68. The summed E-state index contributed by atoms with van der Waals surface area (Å²) in [6.07, 6.45) is 1.81. The van der Waals surface area contributed by atoms with Gasteiger partial charge in [0, 0.05) is 22.1 Å². The summed E-state index contributed by atoms with van der Waals surface area (Å²) in [7, 11) is 1.61. The number of thiophene rings is 1. The highest BCUT2D eigenvalue weighted by Crippen LogP contribution is 2.22. The lowest BCUT2D eigenvalue weighted by molar-refractivity contribution is 0.408. The van der Waals surface area contributed by atoms with Gasteiger partial charge in [0.15, 0.2) is 0 Å². The number of methoxy groups -OCH3 is 1. The molecule has 0 saturated heterocycles. The lowest BCUT2D eigenvalue weighted by Crippen LogP contribution is -2.19. The Morgan fingerprint density at radius 1 is 1.30 bits per heavy atom. The van der Waals surface area contributed by atoms with Crippen LogP contribution in [0.1, 0.15) is 5.56 Å². The number of hydrogen-bond donors (Lipinski definition) is 1. The topological polar surface area (TPSA) is 57.2 Å². The number of benzene rings is 1. The molecule has 0 bridgehead atoms. The van der Waals surface area contributed by atoms with Gasteiger partial charge in [-0.3, -0.25) is 4.79 Å². The third-order valence-electron chi connectivity index (χ3n) is 3.24. The van der Waals surface area contributed by atoms with Crippen molar-refractivity contribution in [3.63, 3.8) is 0 Å². The molecule has 20 heavy (non-hydrogen) atoms. The summed E-state index contributed by atoms with van der Waals surface area (Å²) in [6.45, 7) is 0.443. The number of aromatic nitrogens is 1. The monoisotopic (exact) mass is 286 g/mol. The first-order valence-corrected chi connectivity index (χ1v) is 7.06. The van der Waals surface area contributed by atoms with Crippen molar-refractivity contribution in [3.8, 4) is 5.75 Å². The molecule has 0 fully saturated rings. The first kappa shape index (κ1) is 12.7. The van der Waals surface area contributed by atoms with Gasteiger partial charge in [-0.2, -0.15) is 0 Å². The van der Waals surface area contributed by atoms with Gasteiger partial charge in [-0.15, -0.1) is 11.3 Å². The van der Waals surface area contributed by atoms with E-state index in [4.69, 9.17) is 10.5 Å². The molecule has 0 aliphatic carbocycles. The summed E-state index contributed by atoms with van der Waals surface area (Å²) in [4.78, 5) is 12.4. The second kappa shape index (κ2) is 5.02. The third-order valence-corrected chi connectivity index (χ3v) is 4.12. The van der Waals surface area contributed by atoms with Crippen LogP contribution < -0.4 is 16.0 Å². The molecule has 1 aromatic carbocycles. The molecule has 102 valence electrons. The van der Waals surface area contributed by atoms with Crippen molar-refractivity contribution in [2.24, 2.45) is 0 Å². The Morgan fingerprint density at radius 3 is 2.95 bits per heavy atom. The summed E-state index contributed by atoms with van der Waals surface area (Å²) in [5.74, 6) is 0.733. The van der Waals surface area contributed by atoms with Gasteiger partial charge in [0.05, 0.1) is 19.0 Å². The SMILES string of the molecule is COc1ccc(N)cc1Cn1ccc2sccc2c1=O. The highest BCUT2D eigenvalue weighted by atomic mass is 32.1. The zero-order valence-electron chi connectivity index (χ0n) is 11.0. The van der Waals surface area contributed by atoms with Crippen LogP contribution in [0.25, 0.3) is 10.1 Å². The first-order chi connectivity index (χ1) is 9.69. The molecule has 0 unspecified atom stereocenters. The minimum absolute atomic E-state index is 0.00762. The molecule has 5 heteroatoms. The Bertz CT molecular complexity index is 820. The maximum absolute atomic E-state index is 12.4. The molecule has 2 heterocycles. The molecule has 0 saturated carbocycles. The number of hydrogen-bond acceptors (Lipinski definition) is 4. The second-order valence-electron chi connectivity index (χ2n) is 4.52. The second-order valence-corrected chi connectivity index (χ2v) is 5.47. The van der Waals surface area contributed by atoms with Gasteiger partial charge in [0.1, 0.15) is 5.75 Å². The number of pyridine rings is 1. The van der Waals surface area contributed by atoms with E-state index in [2.05, 4.69) is 0 Å². The minimum atomic E-state index is 0.00762. The molecule has 2 N–H and O–H groups in total. The van der Waals surface area contributed by atoms with Crippen molar-refractivity contribution in [2.75, 3.05) is 12.8 Å². The summed E-state index contributed by atoms with van der Waals surface area (Å²) >= 11 is 1.57. The van der Waals surface area contributed by atoms with Crippen molar-refractivity contribution >= 4 is 27.1 Å². The van der Waals surface area contributed by atoms with Crippen LogP contribution in [-0.4, -0.2) is 11.7 Å². The van der Waals surface area contributed by atoms with Crippen molar-refractivity contribution in [3.05, 3.63) is 57.8 Å². The number of fused-ring (bicyclic) bond motifs is 1. The Balaban J connectivity index is 2.07. The maximum atomic E-state index is 12.4. The number of nitrogens with two attached hydrogens (primary N) is 1. The summed E-state index contributed by atoms with van der Waals surface area (Å²) in [5.41, 5.74) is 7.36. The molecule has 3 aromatic rings. The highest BCUT2D eigenvalue weighted by molar-refractivity contribution is 7.17. The fraction of sp³-hybridized carbons (Fsp3) is 0.133. The van der Waals surface area contributed by atoms with E-state index in [1.165, 1.54) is 0 Å². The fourth-order valence-electron chi connectivity index (χ4n) is 2.24. The molecule has 0 aliphatic rings. The molecule has 0 radical (unpaired) electrons. The number of rotatable bonds is 3. The van der Waals surface area contributed by atoms with Crippen molar-refractivity contribution in [1.82, 2.24) is 4.57 Å². The number of nitrogens with zero attached hydrogens (tertiary/aromatic N) is 1. The zero-order chi connectivity index (χ0) is 14.1. The zero-order valence-corrected chi connectivity index (χ0v) is 11.8. The Labute approximate surface area is 120 Å². The lowest BCUT2D eigenvalue weighted by Gasteiger charge is -2.11. The Kier molecular flexibility index (Phi) is 3.20. The average Bonchev–Trinajstić information content (AvgIpc) is 2.91. The van der Waals surface area contributed by atoms with E-state index in [1.807, 2.05) is 35.8 Å². The molecule has 0 spiro atoms. The number of anilines is 1. The highest BCUT2D eigenvalue weighted by Gasteiger charge is 2.08. The van der Waals surface area contributed by atoms with E-state index in [-0.39, 0.29) is 5.56 Å². The van der Waals surface area contributed by atoms with Crippen LogP contribution >= 0.6 is 11.3 Å². The Morgan fingerprint density at radius 2 is 2.15 bits per heavy atom. The van der Waals surface area contributed by atoms with E-state index < -0.39 is 0 Å². The largest absolute Gasteiger partial charge is 0.496 e. The Hall–Kier alpha value is -2.27. The van der Waals surface area contributed by atoms with Crippen LogP contribution in [-0.2, 0) is 6.54 Å². The summed E-state index contributed by atoms with van der Waals surface area (Å²) < 4.78 is 7.99. The molecular weight excluding hydrogens is 272 g/mol. The predicted molar refractivity (Wildman–Crippen MR) is 82.6 cm³/mol. The van der Waals surface area contributed by atoms with Gasteiger partial charge >= 0.3 is 0 Å². The quantitative estimate of drug-likeness (QED) is 0.753. The molecule has 0 aliphatic heterocycles. The normalized spacial score (nSPS) is 10.8. The number of ether oxygens (including phenoxy) is 1. The van der Waals surface area contributed by atoms with Crippen LogP contribution in [0.15, 0.2) is 46.7 Å². The van der Waals surface area contributed by atoms with E-state index >= 15 is 0 Å². The smallest absolute Gasteiger partial charge is 0.259 e. The molecule has 4 nitrogen and oxygen atoms in total. The average molecular weight is 286 g/mol. The summed E-state index contributed by atoms with van der Waals surface area (Å²) in [6, 6.07) is 9.25. The van der Waals surface area contributed by atoms with Gasteiger partial charge in [0.2, 0.25) is 0 Å².